The fourth-order valence-electron chi connectivity index (χ4n) is 8.91. The summed E-state index contributed by atoms with van der Waals surface area (Å²) in [6.45, 7) is 5.52. The van der Waals surface area contributed by atoms with Crippen LogP contribution in [-0.4, -0.2) is 67.8 Å². The molecule has 0 aliphatic carbocycles. The van der Waals surface area contributed by atoms with E-state index in [4.69, 9.17) is 0 Å². The second-order valence-electron chi connectivity index (χ2n) is 15.4. The van der Waals surface area contributed by atoms with Gasteiger partial charge in [-0.2, -0.15) is 0 Å². The van der Waals surface area contributed by atoms with Crippen molar-refractivity contribution in [1.29, 1.82) is 0 Å². The number of nitrogens with zero attached hydrogens (tertiary/aromatic N) is 6. The molecule has 3 aliphatic rings. The summed E-state index contributed by atoms with van der Waals surface area (Å²) in [5.74, 6) is -0.506. The number of hydrogen-bond donors (Lipinski definition) is 0. The van der Waals surface area contributed by atoms with Crippen molar-refractivity contribution in [3.8, 4) is 11.1 Å². The minimum absolute atomic E-state index is 0.0142. The molecule has 5 heterocycles. The highest BCUT2D eigenvalue weighted by Crippen LogP contribution is 2.32. The largest absolute Gasteiger partial charge is 0.342 e. The predicted octanol–water partition coefficient (Wildman–Crippen LogP) is 7.49. The van der Waals surface area contributed by atoms with E-state index in [1.54, 1.807) is 48.7 Å². The molecule has 288 valence electrons. The van der Waals surface area contributed by atoms with Crippen molar-refractivity contribution in [2.24, 2.45) is 5.92 Å². The Hall–Kier alpha value is -6.20. The van der Waals surface area contributed by atoms with Gasteiger partial charge in [0.1, 0.15) is 11.6 Å². The summed E-state index contributed by atoms with van der Waals surface area (Å²) >= 11 is 0. The number of imidazole rings is 1. The maximum Gasteiger partial charge on any atom is 0.329 e. The molecule has 0 radical (unpaired) electrons. The minimum Gasteiger partial charge on any atom is -0.342 e. The van der Waals surface area contributed by atoms with Crippen LogP contribution < -0.4 is 10.6 Å². The smallest absolute Gasteiger partial charge is 0.329 e. The molecule has 0 saturated carbocycles. The average Bonchev–Trinajstić information content (AvgIpc) is 3.69. The van der Waals surface area contributed by atoms with Gasteiger partial charge in [-0.3, -0.25) is 28.4 Å². The maximum absolute atomic E-state index is 14.3. The SMILES string of the molecule is CC(c1ccc(-c2ccc(F)cc2)cc1)n1c(=O)n(C2CCN(C(=O)C3CCN(Cc4ccc(N5C(=O)c6ccccc6C5=O)nc4)CC3)CC2)c2ccccc21. The molecule has 0 bridgehead atoms. The zero-order valence-electron chi connectivity index (χ0n) is 31.8. The van der Waals surface area contributed by atoms with Crippen LogP contribution in [0.15, 0.2) is 120 Å². The van der Waals surface area contributed by atoms with Crippen molar-refractivity contribution in [2.45, 2.75) is 51.2 Å². The zero-order chi connectivity index (χ0) is 39.2. The number of carbonyl (C=O) groups is 3. The highest BCUT2D eigenvalue weighted by atomic mass is 19.1. The van der Waals surface area contributed by atoms with Crippen molar-refractivity contribution in [3.05, 3.63) is 154 Å². The molecule has 2 saturated heterocycles. The Kier molecular flexibility index (Phi) is 9.61. The standard InChI is InChI=1S/C46H43FN6O4/c1-30(32-11-13-33(14-12-32)34-15-17-36(47)18-16-34)51-40-8-4-5-9-41(40)52(46(51)57)37-22-26-50(27-23-37)43(54)35-20-24-49(25-21-35)29-31-10-19-42(48-28-31)53-44(55)38-6-2-3-7-39(38)45(53)56/h2-19,28,30,35,37H,20-27,29H2,1H3. The van der Waals surface area contributed by atoms with Gasteiger partial charge in [-0.1, -0.05) is 66.7 Å². The number of anilines is 1. The van der Waals surface area contributed by atoms with Crippen LogP contribution in [0.25, 0.3) is 22.2 Å². The summed E-state index contributed by atoms with van der Waals surface area (Å²) in [4.78, 5) is 63.7. The van der Waals surface area contributed by atoms with E-state index in [0.29, 0.717) is 49.4 Å². The molecule has 0 spiro atoms. The number of fused-ring (bicyclic) bond motifs is 2. The van der Waals surface area contributed by atoms with Gasteiger partial charge in [0, 0.05) is 37.8 Å². The summed E-state index contributed by atoms with van der Waals surface area (Å²) in [5, 5.41) is 0. The molecule has 4 aromatic carbocycles. The lowest BCUT2D eigenvalue weighted by molar-refractivity contribution is -0.138. The Labute approximate surface area is 329 Å². The highest BCUT2D eigenvalue weighted by molar-refractivity contribution is 6.34. The number of imide groups is 1. The monoisotopic (exact) mass is 762 g/mol. The fraction of sp³-hybridized carbons (Fsp3) is 0.283. The van der Waals surface area contributed by atoms with Gasteiger partial charge >= 0.3 is 5.69 Å². The Morgan fingerprint density at radius 1 is 0.719 bits per heavy atom. The van der Waals surface area contributed by atoms with Crippen molar-refractivity contribution in [2.75, 3.05) is 31.1 Å². The Bertz CT molecular complexity index is 2500. The number of para-hydroxylation sites is 2. The molecule has 10 nitrogen and oxygen atoms in total. The van der Waals surface area contributed by atoms with Crippen molar-refractivity contribution >= 4 is 34.6 Å². The summed E-state index contributed by atoms with van der Waals surface area (Å²) in [7, 11) is 0. The molecule has 0 N–H and O–H groups in total. The second-order valence-corrected chi connectivity index (χ2v) is 15.4. The van der Waals surface area contributed by atoms with Crippen LogP contribution in [0.4, 0.5) is 10.2 Å². The number of likely N-dealkylation sites (tertiary alicyclic amines) is 2. The van der Waals surface area contributed by atoms with E-state index in [0.717, 1.165) is 64.1 Å². The van der Waals surface area contributed by atoms with Gasteiger partial charge in [0.2, 0.25) is 5.91 Å². The predicted molar refractivity (Wildman–Crippen MR) is 217 cm³/mol. The highest BCUT2D eigenvalue weighted by Gasteiger charge is 2.37. The van der Waals surface area contributed by atoms with E-state index in [9.17, 15) is 23.6 Å². The molecule has 9 rings (SSSR count). The first-order valence-corrected chi connectivity index (χ1v) is 19.8. The molecule has 6 aromatic rings. The Morgan fingerprint density at radius 3 is 1.93 bits per heavy atom. The van der Waals surface area contributed by atoms with Crippen LogP contribution in [0, 0.1) is 11.7 Å². The van der Waals surface area contributed by atoms with E-state index in [1.165, 1.54) is 12.1 Å². The fourth-order valence-corrected chi connectivity index (χ4v) is 8.91. The molecular weight excluding hydrogens is 720 g/mol. The number of amides is 3. The lowest BCUT2D eigenvalue weighted by Gasteiger charge is -2.37. The number of halogens is 1. The first-order chi connectivity index (χ1) is 27.7. The summed E-state index contributed by atoms with van der Waals surface area (Å²) in [6.07, 6.45) is 4.69. The summed E-state index contributed by atoms with van der Waals surface area (Å²) in [5.41, 5.74) is 6.43. The van der Waals surface area contributed by atoms with Gasteiger partial charge in [0.25, 0.3) is 11.8 Å². The molecule has 3 amide bonds. The van der Waals surface area contributed by atoms with Crippen LogP contribution >= 0.6 is 0 Å². The molecule has 3 aliphatic heterocycles. The molecule has 57 heavy (non-hydrogen) atoms. The molecule has 1 unspecified atom stereocenters. The lowest BCUT2D eigenvalue weighted by atomic mass is 9.93. The number of pyridine rings is 1. The zero-order valence-corrected chi connectivity index (χ0v) is 31.8. The van der Waals surface area contributed by atoms with Gasteiger partial charge in [-0.25, -0.2) is 19.1 Å². The topological polar surface area (TPSA) is 101 Å². The van der Waals surface area contributed by atoms with Gasteiger partial charge < -0.3 is 4.90 Å². The third-order valence-corrected chi connectivity index (χ3v) is 12.1. The third-order valence-electron chi connectivity index (χ3n) is 12.1. The normalized spacial score (nSPS) is 17.4. The van der Waals surface area contributed by atoms with Gasteiger partial charge in [-0.15, -0.1) is 0 Å². The van der Waals surface area contributed by atoms with Crippen molar-refractivity contribution in [1.82, 2.24) is 23.9 Å². The lowest BCUT2D eigenvalue weighted by Crippen LogP contribution is -2.46. The van der Waals surface area contributed by atoms with Crippen molar-refractivity contribution in [3.63, 3.8) is 0 Å². The first kappa shape index (κ1) is 36.4. The van der Waals surface area contributed by atoms with E-state index in [1.807, 2.05) is 75.6 Å². The Morgan fingerprint density at radius 2 is 1.32 bits per heavy atom. The number of benzene rings is 4. The van der Waals surface area contributed by atoms with Crippen LogP contribution in [0.1, 0.15) is 76.5 Å². The average molecular weight is 763 g/mol. The quantitative estimate of drug-likeness (QED) is 0.149. The number of piperidine rings is 2. The van der Waals surface area contributed by atoms with Crippen molar-refractivity contribution < 1.29 is 18.8 Å². The maximum atomic E-state index is 14.3. The minimum atomic E-state index is -0.359. The van der Waals surface area contributed by atoms with E-state index in [-0.39, 0.29) is 47.2 Å². The van der Waals surface area contributed by atoms with Crippen LogP contribution in [0.2, 0.25) is 0 Å². The Balaban J connectivity index is 0.806. The summed E-state index contributed by atoms with van der Waals surface area (Å²) in [6, 6.07) is 32.7. The van der Waals surface area contributed by atoms with Gasteiger partial charge in [0.05, 0.1) is 28.2 Å². The van der Waals surface area contributed by atoms with Crippen LogP contribution in [0.3, 0.4) is 0 Å². The summed E-state index contributed by atoms with van der Waals surface area (Å²) < 4.78 is 17.3. The molecular formula is C46H43FN6O4. The number of aromatic nitrogens is 3. The number of rotatable bonds is 8. The number of carbonyl (C=O) groups excluding carboxylic acids is 3. The third kappa shape index (κ3) is 6.75. The van der Waals surface area contributed by atoms with E-state index in [2.05, 4.69) is 9.88 Å². The molecule has 1 atom stereocenters. The second kappa shape index (κ2) is 15.0. The molecule has 2 fully saturated rings. The molecule has 11 heteroatoms. The van der Waals surface area contributed by atoms with E-state index < -0.39 is 0 Å². The van der Waals surface area contributed by atoms with Gasteiger partial charge in [0.15, 0.2) is 0 Å². The molecule has 2 aromatic heterocycles. The number of hydrogen-bond acceptors (Lipinski definition) is 6. The first-order valence-electron chi connectivity index (χ1n) is 19.8. The van der Waals surface area contributed by atoms with E-state index >= 15 is 0 Å². The van der Waals surface area contributed by atoms with Crippen LogP contribution in [0.5, 0.6) is 0 Å². The van der Waals surface area contributed by atoms with Gasteiger partial charge in [-0.05, 0) is 110 Å². The van der Waals surface area contributed by atoms with Crippen LogP contribution in [-0.2, 0) is 11.3 Å².